The van der Waals surface area contributed by atoms with Crippen LogP contribution in [-0.2, 0) is 9.05 Å². The summed E-state index contributed by atoms with van der Waals surface area (Å²) in [6.45, 7) is 3.31. The highest BCUT2D eigenvalue weighted by molar-refractivity contribution is 8.14. The van der Waals surface area contributed by atoms with Crippen molar-refractivity contribution < 1.29 is 26.3 Å². The van der Waals surface area contributed by atoms with Crippen molar-refractivity contribution in [3.8, 4) is 5.75 Å². The number of alkyl halides is 3. The van der Waals surface area contributed by atoms with E-state index in [1.807, 2.05) is 0 Å². The highest BCUT2D eigenvalue weighted by Crippen LogP contribution is 2.29. The molecule has 1 rings (SSSR count). The maximum atomic E-state index is 11.9. The van der Waals surface area contributed by atoms with Gasteiger partial charge in [-0.3, -0.25) is 0 Å². The molecular weight excluding hydrogens is 293 g/mol. The largest absolute Gasteiger partial charge is 0.573 e. The fraction of sp³-hybridized carbons (Fsp3) is 0.200. The third-order valence-corrected chi connectivity index (χ3v) is 3.61. The van der Waals surface area contributed by atoms with E-state index >= 15 is 0 Å². The predicted octanol–water partition coefficient (Wildman–Crippen LogP) is 3.38. The second-order valence-corrected chi connectivity index (χ2v) is 6.00. The van der Waals surface area contributed by atoms with Gasteiger partial charge < -0.3 is 4.74 Å². The van der Waals surface area contributed by atoms with Crippen molar-refractivity contribution in [3.05, 3.63) is 42.5 Å². The van der Waals surface area contributed by atoms with Crippen molar-refractivity contribution >= 4 is 19.7 Å². The number of hydrogen-bond donors (Lipinski definition) is 0. The Morgan fingerprint density at radius 1 is 1.28 bits per heavy atom. The Kier molecular flexibility index (Phi) is 4.28. The molecule has 0 aromatic heterocycles. The van der Waals surface area contributed by atoms with Crippen molar-refractivity contribution in [2.24, 2.45) is 0 Å². The SMILES string of the molecule is C=CC(c1ccc(OC(F)(F)F)cc1)S(=O)(=O)Cl. The van der Waals surface area contributed by atoms with Gasteiger partial charge in [0.15, 0.2) is 0 Å². The molecule has 0 aliphatic carbocycles. The first-order valence-corrected chi connectivity index (χ1v) is 6.92. The average Bonchev–Trinajstić information content (AvgIpc) is 2.17. The Morgan fingerprint density at radius 2 is 1.78 bits per heavy atom. The van der Waals surface area contributed by atoms with E-state index in [0.29, 0.717) is 0 Å². The van der Waals surface area contributed by atoms with Crippen LogP contribution in [0.3, 0.4) is 0 Å². The first-order valence-electron chi connectivity index (χ1n) is 4.55. The van der Waals surface area contributed by atoms with Crippen LogP contribution in [0.1, 0.15) is 10.8 Å². The fourth-order valence-corrected chi connectivity index (χ4v) is 2.51. The summed E-state index contributed by atoms with van der Waals surface area (Å²) in [5, 5.41) is -1.18. The molecule has 0 radical (unpaired) electrons. The molecule has 18 heavy (non-hydrogen) atoms. The summed E-state index contributed by atoms with van der Waals surface area (Å²) < 4.78 is 61.7. The summed E-state index contributed by atoms with van der Waals surface area (Å²) in [5.74, 6) is -0.443. The van der Waals surface area contributed by atoms with E-state index in [4.69, 9.17) is 10.7 Å². The van der Waals surface area contributed by atoms with E-state index in [1.54, 1.807) is 0 Å². The van der Waals surface area contributed by atoms with Crippen LogP contribution in [0.4, 0.5) is 13.2 Å². The Bertz CT molecular complexity index is 522. The second kappa shape index (κ2) is 5.19. The van der Waals surface area contributed by atoms with Gasteiger partial charge in [0.05, 0.1) is 0 Å². The summed E-state index contributed by atoms with van der Waals surface area (Å²) in [4.78, 5) is 0. The lowest BCUT2D eigenvalue weighted by Crippen LogP contribution is -2.17. The third-order valence-electron chi connectivity index (χ3n) is 1.96. The van der Waals surface area contributed by atoms with Crippen LogP contribution in [-0.4, -0.2) is 14.8 Å². The quantitative estimate of drug-likeness (QED) is 0.632. The van der Waals surface area contributed by atoms with E-state index in [0.717, 1.165) is 18.2 Å². The Morgan fingerprint density at radius 3 is 2.11 bits per heavy atom. The van der Waals surface area contributed by atoms with Gasteiger partial charge in [0.25, 0.3) is 0 Å². The molecule has 1 atom stereocenters. The zero-order valence-electron chi connectivity index (χ0n) is 8.82. The lowest BCUT2D eigenvalue weighted by atomic mass is 10.1. The number of hydrogen-bond acceptors (Lipinski definition) is 3. The normalized spacial score (nSPS) is 14.0. The van der Waals surface area contributed by atoms with Crippen molar-refractivity contribution in [3.63, 3.8) is 0 Å². The maximum Gasteiger partial charge on any atom is 0.573 e. The van der Waals surface area contributed by atoms with E-state index in [2.05, 4.69) is 11.3 Å². The van der Waals surface area contributed by atoms with Gasteiger partial charge in [-0.05, 0) is 17.7 Å². The van der Waals surface area contributed by atoms with Crippen LogP contribution in [0, 0.1) is 0 Å². The molecule has 0 spiro atoms. The fourth-order valence-electron chi connectivity index (χ4n) is 1.27. The number of ether oxygens (including phenoxy) is 1. The number of rotatable bonds is 4. The smallest absolute Gasteiger partial charge is 0.406 e. The summed E-state index contributed by atoms with van der Waals surface area (Å²) >= 11 is 0. The van der Waals surface area contributed by atoms with Crippen LogP contribution in [0.15, 0.2) is 36.9 Å². The molecule has 0 fully saturated rings. The molecule has 100 valence electrons. The highest BCUT2D eigenvalue weighted by atomic mass is 35.7. The molecule has 0 aliphatic heterocycles. The van der Waals surface area contributed by atoms with E-state index in [1.165, 1.54) is 12.1 Å². The van der Waals surface area contributed by atoms with Gasteiger partial charge in [-0.25, -0.2) is 8.42 Å². The number of benzene rings is 1. The van der Waals surface area contributed by atoms with Crippen molar-refractivity contribution in [2.45, 2.75) is 11.6 Å². The van der Waals surface area contributed by atoms with E-state index in [9.17, 15) is 21.6 Å². The number of halogens is 4. The third kappa shape index (κ3) is 4.23. The Hall–Kier alpha value is -1.21. The van der Waals surface area contributed by atoms with Crippen LogP contribution >= 0.6 is 10.7 Å². The van der Waals surface area contributed by atoms with Crippen LogP contribution < -0.4 is 4.74 Å². The van der Waals surface area contributed by atoms with Gasteiger partial charge in [0.1, 0.15) is 11.0 Å². The van der Waals surface area contributed by atoms with E-state index < -0.39 is 26.4 Å². The zero-order valence-corrected chi connectivity index (χ0v) is 10.4. The molecule has 0 N–H and O–H groups in total. The minimum Gasteiger partial charge on any atom is -0.406 e. The van der Waals surface area contributed by atoms with Crippen molar-refractivity contribution in [2.75, 3.05) is 0 Å². The van der Waals surface area contributed by atoms with Gasteiger partial charge in [-0.1, -0.05) is 18.2 Å². The van der Waals surface area contributed by atoms with Gasteiger partial charge in [0, 0.05) is 10.7 Å². The van der Waals surface area contributed by atoms with Crippen molar-refractivity contribution in [1.82, 2.24) is 0 Å². The molecule has 1 aromatic carbocycles. The van der Waals surface area contributed by atoms with Gasteiger partial charge in [-0.15, -0.1) is 19.8 Å². The summed E-state index contributed by atoms with van der Waals surface area (Å²) in [5.41, 5.74) is 0.203. The summed E-state index contributed by atoms with van der Waals surface area (Å²) in [6, 6.07) is 4.35. The highest BCUT2D eigenvalue weighted by Gasteiger charge is 2.31. The average molecular weight is 301 g/mol. The van der Waals surface area contributed by atoms with Crippen LogP contribution in [0.5, 0.6) is 5.75 Å². The summed E-state index contributed by atoms with van der Waals surface area (Å²) in [7, 11) is 1.24. The molecule has 8 heteroatoms. The van der Waals surface area contributed by atoms with Gasteiger partial charge in [0.2, 0.25) is 9.05 Å². The minimum atomic E-state index is -4.79. The van der Waals surface area contributed by atoms with Gasteiger partial charge in [-0.2, -0.15) is 0 Å². The molecule has 0 amide bonds. The topological polar surface area (TPSA) is 43.4 Å². The van der Waals surface area contributed by atoms with Crippen molar-refractivity contribution in [1.29, 1.82) is 0 Å². The molecule has 0 bridgehead atoms. The second-order valence-electron chi connectivity index (χ2n) is 3.25. The lowest BCUT2D eigenvalue weighted by molar-refractivity contribution is -0.274. The molecule has 1 unspecified atom stereocenters. The Balaban J connectivity index is 2.99. The molecule has 3 nitrogen and oxygen atoms in total. The summed E-state index contributed by atoms with van der Waals surface area (Å²) in [6.07, 6.45) is -3.71. The minimum absolute atomic E-state index is 0.203. The molecule has 0 heterocycles. The standard InChI is InChI=1S/C10H8ClF3O3S/c1-2-9(18(11,15)16)7-3-5-8(6-4-7)17-10(12,13)14/h2-6,9H,1H2. The van der Waals surface area contributed by atoms with Gasteiger partial charge >= 0.3 is 6.36 Å². The van der Waals surface area contributed by atoms with E-state index in [-0.39, 0.29) is 5.56 Å². The predicted molar refractivity (Wildman–Crippen MR) is 60.8 cm³/mol. The lowest BCUT2D eigenvalue weighted by Gasteiger charge is -2.11. The first-order chi connectivity index (χ1) is 8.13. The molecule has 0 saturated heterocycles. The molecule has 0 aliphatic rings. The molecule has 0 saturated carbocycles. The monoisotopic (exact) mass is 300 g/mol. The zero-order chi connectivity index (χ0) is 14.0. The van der Waals surface area contributed by atoms with Crippen LogP contribution in [0.25, 0.3) is 0 Å². The molecule has 1 aromatic rings. The van der Waals surface area contributed by atoms with Crippen LogP contribution in [0.2, 0.25) is 0 Å². The first kappa shape index (κ1) is 14.8. The Labute approximate surface area is 106 Å². The molecular formula is C10H8ClF3O3S. The maximum absolute atomic E-state index is 11.9.